The Morgan fingerprint density at radius 3 is 2.35 bits per heavy atom. The maximum atomic E-state index is 14.4. The van der Waals surface area contributed by atoms with Crippen LogP contribution in [0.4, 0.5) is 14.5 Å². The summed E-state index contributed by atoms with van der Waals surface area (Å²) in [5.41, 5.74) is 13.4. The number of nitrogens with zero attached hydrogens (tertiary/aromatic N) is 1. The standard InChI is InChI=1S/C24H21F2N3O2/c25-15-12-18-16(19(26)13-15)10-11-21(18)29(24(31)17-8-4-5-9-20(17)27)22(23(28)30)14-6-2-1-3-7-14/h1-9,12-13,21-22H,10-11,27H2,(H2,28,30)/t21-,22?/m1/s1. The molecule has 1 aliphatic rings. The van der Waals surface area contributed by atoms with Crippen LogP contribution in [0.2, 0.25) is 0 Å². The second-order valence-electron chi connectivity index (χ2n) is 7.53. The highest BCUT2D eigenvalue weighted by molar-refractivity contribution is 6.01. The largest absolute Gasteiger partial charge is 0.398 e. The summed E-state index contributed by atoms with van der Waals surface area (Å²) in [6.45, 7) is 0. The van der Waals surface area contributed by atoms with E-state index in [0.29, 0.717) is 29.5 Å². The van der Waals surface area contributed by atoms with Gasteiger partial charge in [-0.05, 0) is 47.7 Å². The molecule has 3 aromatic carbocycles. The quantitative estimate of drug-likeness (QED) is 0.612. The van der Waals surface area contributed by atoms with E-state index in [9.17, 15) is 18.4 Å². The van der Waals surface area contributed by atoms with E-state index in [-0.39, 0.29) is 11.3 Å². The third-order valence-electron chi connectivity index (χ3n) is 5.65. The predicted octanol–water partition coefficient (Wildman–Crippen LogP) is 3.90. The molecule has 0 aromatic heterocycles. The lowest BCUT2D eigenvalue weighted by atomic mass is 9.97. The third kappa shape index (κ3) is 3.74. The number of amides is 2. The zero-order valence-corrected chi connectivity index (χ0v) is 16.6. The maximum absolute atomic E-state index is 14.4. The number of benzene rings is 3. The van der Waals surface area contributed by atoms with E-state index >= 15 is 0 Å². The zero-order chi connectivity index (χ0) is 22.1. The van der Waals surface area contributed by atoms with Crippen molar-refractivity contribution in [2.24, 2.45) is 5.73 Å². The van der Waals surface area contributed by atoms with E-state index < -0.39 is 35.5 Å². The number of carbonyl (C=O) groups is 2. The zero-order valence-electron chi connectivity index (χ0n) is 16.6. The number of nitrogens with two attached hydrogens (primary N) is 2. The number of carbonyl (C=O) groups excluding carboxylic acids is 2. The molecular formula is C24H21F2N3O2. The number of nitrogen functional groups attached to an aromatic ring is 1. The van der Waals surface area contributed by atoms with Crippen molar-refractivity contribution >= 4 is 17.5 Å². The number of hydrogen-bond donors (Lipinski definition) is 2. The van der Waals surface area contributed by atoms with Crippen molar-refractivity contribution in [3.8, 4) is 0 Å². The van der Waals surface area contributed by atoms with E-state index in [1.54, 1.807) is 54.6 Å². The summed E-state index contributed by atoms with van der Waals surface area (Å²) in [6.07, 6.45) is 0.630. The lowest BCUT2D eigenvalue weighted by Crippen LogP contribution is -2.43. The number of rotatable bonds is 5. The van der Waals surface area contributed by atoms with Gasteiger partial charge in [0.05, 0.1) is 11.6 Å². The fraction of sp³-hybridized carbons (Fsp3) is 0.167. The number of para-hydroxylation sites is 1. The molecule has 0 fully saturated rings. The van der Waals surface area contributed by atoms with Crippen LogP contribution >= 0.6 is 0 Å². The fourth-order valence-electron chi connectivity index (χ4n) is 4.28. The van der Waals surface area contributed by atoms with Gasteiger partial charge in [-0.25, -0.2) is 8.78 Å². The van der Waals surface area contributed by atoms with Gasteiger partial charge >= 0.3 is 0 Å². The number of hydrogen-bond acceptors (Lipinski definition) is 3. The lowest BCUT2D eigenvalue weighted by molar-refractivity contribution is -0.123. The van der Waals surface area contributed by atoms with E-state index in [0.717, 1.165) is 6.07 Å². The first-order valence-corrected chi connectivity index (χ1v) is 9.87. The Morgan fingerprint density at radius 1 is 1.00 bits per heavy atom. The van der Waals surface area contributed by atoms with Gasteiger partial charge in [0.15, 0.2) is 0 Å². The average molecular weight is 421 g/mol. The van der Waals surface area contributed by atoms with Gasteiger partial charge in [-0.3, -0.25) is 9.59 Å². The van der Waals surface area contributed by atoms with Gasteiger partial charge in [-0.1, -0.05) is 42.5 Å². The monoisotopic (exact) mass is 421 g/mol. The van der Waals surface area contributed by atoms with E-state index in [1.165, 1.54) is 11.0 Å². The molecule has 5 nitrogen and oxygen atoms in total. The summed E-state index contributed by atoms with van der Waals surface area (Å²) < 4.78 is 28.5. The molecule has 3 aromatic rings. The first-order chi connectivity index (χ1) is 14.9. The summed E-state index contributed by atoms with van der Waals surface area (Å²) >= 11 is 0. The average Bonchev–Trinajstić information content (AvgIpc) is 3.16. The molecular weight excluding hydrogens is 400 g/mol. The molecule has 1 aliphatic carbocycles. The van der Waals surface area contributed by atoms with Crippen molar-refractivity contribution in [3.63, 3.8) is 0 Å². The molecule has 4 N–H and O–H groups in total. The van der Waals surface area contributed by atoms with Crippen LogP contribution in [0.1, 0.15) is 45.6 Å². The molecule has 2 amide bonds. The maximum Gasteiger partial charge on any atom is 0.257 e. The van der Waals surface area contributed by atoms with Crippen LogP contribution in [0.15, 0.2) is 66.7 Å². The second kappa shape index (κ2) is 8.18. The summed E-state index contributed by atoms with van der Waals surface area (Å²) in [7, 11) is 0. The summed E-state index contributed by atoms with van der Waals surface area (Å²) in [4.78, 5) is 27.6. The van der Waals surface area contributed by atoms with Crippen molar-refractivity contribution in [2.75, 3.05) is 5.73 Å². The topological polar surface area (TPSA) is 89.4 Å². The Bertz CT molecular complexity index is 1150. The Labute approximate surface area is 178 Å². The van der Waals surface area contributed by atoms with E-state index in [2.05, 4.69) is 0 Å². The Balaban J connectivity index is 1.90. The van der Waals surface area contributed by atoms with Crippen LogP contribution in [0, 0.1) is 11.6 Å². The van der Waals surface area contributed by atoms with Gasteiger partial charge in [-0.2, -0.15) is 0 Å². The van der Waals surface area contributed by atoms with Gasteiger partial charge < -0.3 is 16.4 Å². The first-order valence-electron chi connectivity index (χ1n) is 9.87. The Morgan fingerprint density at radius 2 is 1.68 bits per heavy atom. The molecule has 7 heteroatoms. The minimum Gasteiger partial charge on any atom is -0.398 e. The van der Waals surface area contributed by atoms with Gasteiger partial charge in [0.1, 0.15) is 17.7 Å². The highest BCUT2D eigenvalue weighted by Crippen LogP contribution is 2.42. The first kappa shape index (κ1) is 20.5. The van der Waals surface area contributed by atoms with Crippen LogP contribution in [0.25, 0.3) is 0 Å². The van der Waals surface area contributed by atoms with E-state index in [4.69, 9.17) is 11.5 Å². The van der Waals surface area contributed by atoms with Gasteiger partial charge in [-0.15, -0.1) is 0 Å². The van der Waals surface area contributed by atoms with Crippen LogP contribution < -0.4 is 11.5 Å². The van der Waals surface area contributed by atoms with Crippen LogP contribution in [-0.2, 0) is 11.2 Å². The van der Waals surface area contributed by atoms with Crippen LogP contribution in [0.5, 0.6) is 0 Å². The van der Waals surface area contributed by atoms with Gasteiger partial charge in [0.2, 0.25) is 5.91 Å². The highest BCUT2D eigenvalue weighted by atomic mass is 19.1. The molecule has 158 valence electrons. The minimum absolute atomic E-state index is 0.190. The molecule has 4 rings (SSSR count). The molecule has 1 unspecified atom stereocenters. The van der Waals surface area contributed by atoms with Gasteiger partial charge in [0.25, 0.3) is 5.91 Å². The second-order valence-corrected chi connectivity index (χ2v) is 7.53. The molecule has 0 radical (unpaired) electrons. The summed E-state index contributed by atoms with van der Waals surface area (Å²) in [5, 5.41) is 0. The number of anilines is 1. The molecule has 2 atom stereocenters. The van der Waals surface area contributed by atoms with Gasteiger partial charge in [0, 0.05) is 11.8 Å². The number of halogens is 2. The van der Waals surface area contributed by atoms with Crippen LogP contribution in [-0.4, -0.2) is 16.7 Å². The number of primary amides is 1. The third-order valence-corrected chi connectivity index (χ3v) is 5.65. The molecule has 0 bridgehead atoms. The highest BCUT2D eigenvalue weighted by Gasteiger charge is 2.40. The molecule has 0 saturated heterocycles. The lowest BCUT2D eigenvalue weighted by Gasteiger charge is -2.36. The van der Waals surface area contributed by atoms with Crippen molar-refractivity contribution in [3.05, 3.63) is 101 Å². The molecule has 0 heterocycles. The summed E-state index contributed by atoms with van der Waals surface area (Å²) in [5.74, 6) is -2.70. The molecule has 0 spiro atoms. The van der Waals surface area contributed by atoms with Crippen molar-refractivity contribution < 1.29 is 18.4 Å². The van der Waals surface area contributed by atoms with Crippen LogP contribution in [0.3, 0.4) is 0 Å². The minimum atomic E-state index is -1.14. The Kier molecular flexibility index (Phi) is 5.42. The molecule has 0 saturated carbocycles. The smallest absolute Gasteiger partial charge is 0.257 e. The van der Waals surface area contributed by atoms with E-state index in [1.807, 2.05) is 0 Å². The Hall–Kier alpha value is -3.74. The molecule has 0 aliphatic heterocycles. The fourth-order valence-corrected chi connectivity index (χ4v) is 4.28. The predicted molar refractivity (Wildman–Crippen MR) is 113 cm³/mol. The van der Waals surface area contributed by atoms with Crippen molar-refractivity contribution in [2.45, 2.75) is 24.9 Å². The summed E-state index contributed by atoms with van der Waals surface area (Å²) in [6, 6.07) is 15.2. The van der Waals surface area contributed by atoms with Crippen molar-refractivity contribution in [1.82, 2.24) is 4.90 Å². The normalized spacial score (nSPS) is 15.9. The van der Waals surface area contributed by atoms with Crippen molar-refractivity contribution in [1.29, 1.82) is 0 Å². The number of fused-ring (bicyclic) bond motifs is 1. The SMILES string of the molecule is NC(=O)C(c1ccccc1)N(C(=O)c1ccccc1N)[C@@H]1CCc2c(F)cc(F)cc21. The molecule has 31 heavy (non-hydrogen) atoms.